The Bertz CT molecular complexity index is 316. The van der Waals surface area contributed by atoms with Gasteiger partial charge in [-0.15, -0.1) is 0 Å². The smallest absolute Gasteiger partial charge is 0.241 e. The average Bonchev–Trinajstić information content (AvgIpc) is 2.69. The predicted molar refractivity (Wildman–Crippen MR) is 85.4 cm³/mol. The normalized spacial score (nSPS) is 20.5. The van der Waals surface area contributed by atoms with E-state index in [9.17, 15) is 0 Å². The summed E-state index contributed by atoms with van der Waals surface area (Å²) in [4.78, 5) is 1.61. The number of rotatable bonds is 6. The molecule has 0 aromatic rings. The Hall–Kier alpha value is 0.720. The summed E-state index contributed by atoms with van der Waals surface area (Å²) in [5.74, 6) is 0. The number of hydrogen-bond acceptors (Lipinski definition) is 3. The van der Waals surface area contributed by atoms with Gasteiger partial charge in [-0.05, 0) is 12.8 Å². The SMILES string of the molecule is CCCCN1N=CN(C(Cl)(Cl)C(Cl)(Cl)Cl)C1CCC. The fourth-order valence-corrected chi connectivity index (χ4v) is 2.50. The molecular weight excluding hydrogens is 351 g/mol. The largest absolute Gasteiger partial charge is 0.304 e. The van der Waals surface area contributed by atoms with Crippen LogP contribution in [0, 0.1) is 0 Å². The first-order chi connectivity index (χ1) is 8.75. The standard InChI is InChI=1S/C11H18Cl5N3/c1-3-5-7-19-9(6-4-2)18(8-17-19)11(15,16)10(12,13)14/h8-9H,3-7H2,1-2H3. The molecule has 0 aromatic heterocycles. The van der Waals surface area contributed by atoms with Gasteiger partial charge in [0.25, 0.3) is 0 Å². The van der Waals surface area contributed by atoms with Crippen molar-refractivity contribution in [1.29, 1.82) is 0 Å². The predicted octanol–water partition coefficient (Wildman–Crippen LogP) is 4.98. The van der Waals surface area contributed by atoms with Crippen molar-refractivity contribution in [2.45, 2.75) is 53.9 Å². The molecule has 0 fully saturated rings. The molecule has 3 nitrogen and oxygen atoms in total. The van der Waals surface area contributed by atoms with Crippen LogP contribution in [0.5, 0.6) is 0 Å². The van der Waals surface area contributed by atoms with E-state index >= 15 is 0 Å². The molecule has 0 radical (unpaired) electrons. The molecule has 0 amide bonds. The maximum Gasteiger partial charge on any atom is 0.241 e. The molecule has 1 unspecified atom stereocenters. The Labute approximate surface area is 139 Å². The van der Waals surface area contributed by atoms with Crippen LogP contribution < -0.4 is 0 Å². The van der Waals surface area contributed by atoms with Gasteiger partial charge in [-0.25, -0.2) is 0 Å². The highest BCUT2D eigenvalue weighted by molar-refractivity contribution is 6.75. The van der Waals surface area contributed by atoms with E-state index in [-0.39, 0.29) is 6.17 Å². The van der Waals surface area contributed by atoms with E-state index < -0.39 is 8.25 Å². The van der Waals surface area contributed by atoms with Crippen LogP contribution in [-0.4, -0.2) is 37.2 Å². The van der Waals surface area contributed by atoms with Gasteiger partial charge in [0.05, 0.1) is 0 Å². The maximum atomic E-state index is 6.23. The first-order valence-corrected chi connectivity index (χ1v) is 8.18. The van der Waals surface area contributed by atoms with Gasteiger partial charge in [-0.1, -0.05) is 84.7 Å². The monoisotopic (exact) mass is 367 g/mol. The van der Waals surface area contributed by atoms with Crippen molar-refractivity contribution < 1.29 is 0 Å². The van der Waals surface area contributed by atoms with Crippen molar-refractivity contribution in [2.24, 2.45) is 5.10 Å². The van der Waals surface area contributed by atoms with Crippen LogP contribution in [0.2, 0.25) is 0 Å². The van der Waals surface area contributed by atoms with E-state index in [1.807, 2.05) is 5.01 Å². The lowest BCUT2D eigenvalue weighted by atomic mass is 10.2. The minimum atomic E-state index is -1.82. The first kappa shape index (κ1) is 17.8. The van der Waals surface area contributed by atoms with Gasteiger partial charge < -0.3 is 4.90 Å². The third kappa shape index (κ3) is 4.10. The zero-order chi connectivity index (χ0) is 14.7. The molecule has 1 aliphatic rings. The Morgan fingerprint density at radius 2 is 1.74 bits per heavy atom. The molecule has 0 spiro atoms. The first-order valence-electron chi connectivity index (χ1n) is 6.29. The van der Waals surface area contributed by atoms with E-state index in [0.717, 1.165) is 32.2 Å². The summed E-state index contributed by atoms with van der Waals surface area (Å²) in [7, 11) is 0. The van der Waals surface area contributed by atoms with Crippen molar-refractivity contribution in [1.82, 2.24) is 9.91 Å². The van der Waals surface area contributed by atoms with Crippen molar-refractivity contribution in [3.8, 4) is 0 Å². The van der Waals surface area contributed by atoms with Crippen LogP contribution in [0.3, 0.4) is 0 Å². The van der Waals surface area contributed by atoms with Gasteiger partial charge in [0.15, 0.2) is 0 Å². The number of unbranched alkanes of at least 4 members (excludes halogenated alkanes) is 1. The summed E-state index contributed by atoms with van der Waals surface area (Å²) in [5.41, 5.74) is 0. The lowest BCUT2D eigenvalue weighted by Crippen LogP contribution is -2.54. The highest BCUT2D eigenvalue weighted by Crippen LogP contribution is 2.49. The highest BCUT2D eigenvalue weighted by Gasteiger charge is 2.54. The van der Waals surface area contributed by atoms with Crippen molar-refractivity contribution in [2.75, 3.05) is 6.54 Å². The van der Waals surface area contributed by atoms with Gasteiger partial charge in [0, 0.05) is 6.54 Å². The summed E-state index contributed by atoms with van der Waals surface area (Å²) in [6, 6.07) is 0. The van der Waals surface area contributed by atoms with Crippen LogP contribution in [0.4, 0.5) is 0 Å². The molecule has 0 aromatic carbocycles. The number of hydrazone groups is 1. The second-order valence-electron chi connectivity index (χ2n) is 4.46. The van der Waals surface area contributed by atoms with Gasteiger partial charge in [0.2, 0.25) is 8.25 Å². The number of nitrogens with zero attached hydrogens (tertiary/aromatic N) is 3. The van der Waals surface area contributed by atoms with Crippen LogP contribution in [0.25, 0.3) is 0 Å². The van der Waals surface area contributed by atoms with E-state index in [0.29, 0.717) is 0 Å². The molecule has 0 N–H and O–H groups in total. The van der Waals surface area contributed by atoms with Crippen molar-refractivity contribution in [3.63, 3.8) is 0 Å². The Balaban J connectivity index is 2.87. The highest BCUT2D eigenvalue weighted by atomic mass is 35.6. The van der Waals surface area contributed by atoms with E-state index in [1.54, 1.807) is 11.2 Å². The third-order valence-corrected chi connectivity index (χ3v) is 5.30. The van der Waals surface area contributed by atoms with Crippen LogP contribution >= 0.6 is 58.0 Å². The van der Waals surface area contributed by atoms with Gasteiger partial charge >= 0.3 is 0 Å². The lowest BCUT2D eigenvalue weighted by Gasteiger charge is -2.40. The summed E-state index contributed by atoms with van der Waals surface area (Å²) in [6.45, 7) is 5.03. The molecule has 1 rings (SSSR count). The molecule has 1 heterocycles. The van der Waals surface area contributed by atoms with Gasteiger partial charge in [-0.2, -0.15) is 5.10 Å². The summed E-state index contributed by atoms with van der Waals surface area (Å²) in [6.07, 6.45) is 5.39. The summed E-state index contributed by atoms with van der Waals surface area (Å²) in [5, 5.41) is 6.27. The molecule has 8 heteroatoms. The fourth-order valence-electron chi connectivity index (χ4n) is 1.90. The molecule has 0 bridgehead atoms. The molecular formula is C11H18Cl5N3. The Morgan fingerprint density at radius 3 is 2.21 bits per heavy atom. The zero-order valence-corrected chi connectivity index (χ0v) is 14.7. The van der Waals surface area contributed by atoms with E-state index in [4.69, 9.17) is 58.0 Å². The average molecular weight is 370 g/mol. The molecule has 0 saturated heterocycles. The Morgan fingerprint density at radius 1 is 1.11 bits per heavy atom. The van der Waals surface area contributed by atoms with Crippen molar-refractivity contribution in [3.05, 3.63) is 0 Å². The fraction of sp³-hybridized carbons (Fsp3) is 0.909. The van der Waals surface area contributed by atoms with Crippen LogP contribution in [0.15, 0.2) is 5.10 Å². The van der Waals surface area contributed by atoms with E-state index in [2.05, 4.69) is 18.9 Å². The summed E-state index contributed by atoms with van der Waals surface area (Å²) >= 11 is 30.1. The van der Waals surface area contributed by atoms with Crippen LogP contribution in [-0.2, 0) is 0 Å². The number of alkyl halides is 5. The molecule has 1 atom stereocenters. The molecule has 0 aliphatic carbocycles. The quantitative estimate of drug-likeness (QED) is 0.486. The second-order valence-corrected chi connectivity index (χ2v) is 8.03. The second kappa shape index (κ2) is 7.13. The topological polar surface area (TPSA) is 18.8 Å². The van der Waals surface area contributed by atoms with Crippen molar-refractivity contribution >= 4 is 64.3 Å². The van der Waals surface area contributed by atoms with E-state index in [1.165, 1.54) is 0 Å². The minimum absolute atomic E-state index is 0.0813. The summed E-state index contributed by atoms with van der Waals surface area (Å²) < 4.78 is -3.48. The molecule has 0 saturated carbocycles. The molecule has 19 heavy (non-hydrogen) atoms. The number of halogens is 5. The zero-order valence-electron chi connectivity index (χ0n) is 10.9. The van der Waals surface area contributed by atoms with Gasteiger partial charge in [-0.3, -0.25) is 5.01 Å². The minimum Gasteiger partial charge on any atom is -0.304 e. The molecule has 112 valence electrons. The van der Waals surface area contributed by atoms with Gasteiger partial charge in [0.1, 0.15) is 12.5 Å². The maximum absolute atomic E-state index is 6.23. The Kier molecular flexibility index (Phi) is 6.67. The third-order valence-electron chi connectivity index (χ3n) is 2.94. The number of hydrogen-bond donors (Lipinski definition) is 0. The molecule has 1 aliphatic heterocycles. The lowest BCUT2D eigenvalue weighted by molar-refractivity contribution is 0.103. The van der Waals surface area contributed by atoms with Crippen LogP contribution in [0.1, 0.15) is 39.5 Å².